The van der Waals surface area contributed by atoms with Crippen molar-refractivity contribution in [2.24, 2.45) is 0 Å². The Morgan fingerprint density at radius 2 is 1.06 bits per heavy atom. The molecular weight excluding hydrogens is 741 g/mol. The average molecular weight is 779 g/mol. The number of fused-ring (bicyclic) bond motifs is 1. The van der Waals surface area contributed by atoms with Crippen molar-refractivity contribution in [2.45, 2.75) is 33.4 Å². The molecule has 0 bridgehead atoms. The second-order valence-electron chi connectivity index (χ2n) is 11.2. The van der Waals surface area contributed by atoms with E-state index in [1.807, 2.05) is 6.07 Å². The Hall–Kier alpha value is -5.25. The minimum Gasteiger partial charge on any atom is -0.497 e. The molecule has 0 atom stereocenters. The van der Waals surface area contributed by atoms with E-state index < -0.39 is 45.1 Å². The van der Waals surface area contributed by atoms with Crippen LogP contribution in [-0.4, -0.2) is 69.3 Å². The van der Waals surface area contributed by atoms with Gasteiger partial charge < -0.3 is 18.9 Å². The molecule has 53 heavy (non-hydrogen) atoms. The Labute approximate surface area is 313 Å². The van der Waals surface area contributed by atoms with Gasteiger partial charge in [-0.1, -0.05) is 54.2 Å². The van der Waals surface area contributed by atoms with E-state index >= 15 is 0 Å². The molecule has 0 N–H and O–H groups in total. The number of methoxy groups -OCH3 is 2. The molecule has 0 unspecified atom stereocenters. The van der Waals surface area contributed by atoms with Crippen LogP contribution in [0.5, 0.6) is 11.5 Å². The summed E-state index contributed by atoms with van der Waals surface area (Å²) in [6, 6.07) is 28.6. The Bertz CT molecular complexity index is 2280. The van der Waals surface area contributed by atoms with E-state index in [1.54, 1.807) is 62.4 Å². The highest BCUT2D eigenvalue weighted by atomic mass is 32.2. The predicted molar refractivity (Wildman–Crippen MR) is 203 cm³/mol. The van der Waals surface area contributed by atoms with Gasteiger partial charge >= 0.3 is 11.9 Å². The third-order valence-electron chi connectivity index (χ3n) is 7.90. The number of nitrogens with zero attached hydrogens (tertiary/aromatic N) is 2. The second-order valence-corrected chi connectivity index (χ2v) is 16.0. The maximum atomic E-state index is 14.6. The van der Waals surface area contributed by atoms with Crippen LogP contribution in [0.2, 0.25) is 0 Å². The van der Waals surface area contributed by atoms with Crippen molar-refractivity contribution in [3.05, 3.63) is 109 Å². The lowest BCUT2D eigenvalue weighted by molar-refractivity contribution is -0.142. The van der Waals surface area contributed by atoms with Crippen LogP contribution in [0, 0.1) is 0 Å². The summed E-state index contributed by atoms with van der Waals surface area (Å²) in [6.07, 6.45) is 0. The zero-order valence-electron chi connectivity index (χ0n) is 29.4. The zero-order chi connectivity index (χ0) is 38.2. The smallest absolute Gasteiger partial charge is 0.326 e. The monoisotopic (exact) mass is 778 g/mol. The molecule has 5 aromatic rings. The molecule has 0 aliphatic rings. The highest BCUT2D eigenvalue weighted by Gasteiger charge is 2.35. The van der Waals surface area contributed by atoms with E-state index in [9.17, 15) is 26.4 Å². The first-order valence-corrected chi connectivity index (χ1v) is 20.1. The highest BCUT2D eigenvalue weighted by Crippen LogP contribution is 2.47. The standard InChI is InChI=1S/C38H38N2O10S3/c1-5-49-36(41)25-39(52(43,44)30-20-16-27(47-3)17-21-30)34-24-35(51-29-12-8-7-9-13-29)38(33-15-11-10-14-32(33)34)40(26-37(42)50-6-2)53(45,46)31-22-18-28(48-4)19-23-31/h7-24H,5-6,25-26H2,1-4H3. The Balaban J connectivity index is 1.85. The van der Waals surface area contributed by atoms with E-state index in [2.05, 4.69) is 0 Å². The van der Waals surface area contributed by atoms with Crippen molar-refractivity contribution in [3.63, 3.8) is 0 Å². The van der Waals surface area contributed by atoms with Gasteiger partial charge in [-0.25, -0.2) is 16.8 Å². The number of rotatable bonds is 16. The normalized spacial score (nSPS) is 11.5. The molecule has 12 nitrogen and oxygen atoms in total. The lowest BCUT2D eigenvalue weighted by Gasteiger charge is -2.30. The molecule has 0 aliphatic heterocycles. The van der Waals surface area contributed by atoms with Crippen LogP contribution in [0.15, 0.2) is 129 Å². The number of sulfonamides is 2. The summed E-state index contributed by atoms with van der Waals surface area (Å²) in [5.74, 6) is -0.756. The molecule has 0 saturated heterocycles. The van der Waals surface area contributed by atoms with Crippen LogP contribution in [0.1, 0.15) is 13.8 Å². The van der Waals surface area contributed by atoms with Crippen LogP contribution in [0.25, 0.3) is 10.8 Å². The third kappa shape index (κ3) is 8.70. The molecule has 5 rings (SSSR count). The Morgan fingerprint density at radius 1 is 0.604 bits per heavy atom. The third-order valence-corrected chi connectivity index (χ3v) is 12.5. The Kier molecular flexibility index (Phi) is 12.5. The van der Waals surface area contributed by atoms with Gasteiger partial charge in [0.25, 0.3) is 20.0 Å². The van der Waals surface area contributed by atoms with Crippen molar-refractivity contribution < 1.29 is 45.4 Å². The number of carbonyl (C=O) groups excluding carboxylic acids is 2. The van der Waals surface area contributed by atoms with E-state index in [0.29, 0.717) is 16.4 Å². The molecular formula is C38H38N2O10S3. The first kappa shape index (κ1) is 39.0. The van der Waals surface area contributed by atoms with Gasteiger partial charge in [0.2, 0.25) is 0 Å². The summed E-state index contributed by atoms with van der Waals surface area (Å²) in [7, 11) is -6.04. The fourth-order valence-electron chi connectivity index (χ4n) is 5.45. The summed E-state index contributed by atoms with van der Waals surface area (Å²) in [4.78, 5) is 27.0. The van der Waals surface area contributed by atoms with Crippen molar-refractivity contribution in [1.82, 2.24) is 0 Å². The number of hydrogen-bond acceptors (Lipinski definition) is 11. The molecule has 0 fully saturated rings. The van der Waals surface area contributed by atoms with E-state index in [0.717, 1.165) is 20.4 Å². The number of anilines is 2. The molecule has 15 heteroatoms. The zero-order valence-corrected chi connectivity index (χ0v) is 31.9. The van der Waals surface area contributed by atoms with Crippen molar-refractivity contribution in [2.75, 3.05) is 49.1 Å². The maximum absolute atomic E-state index is 14.6. The van der Waals surface area contributed by atoms with Crippen LogP contribution < -0.4 is 18.1 Å². The number of benzene rings is 5. The minimum absolute atomic E-state index is 0.00655. The molecule has 0 radical (unpaired) electrons. The first-order chi connectivity index (χ1) is 25.4. The first-order valence-electron chi connectivity index (χ1n) is 16.4. The summed E-state index contributed by atoms with van der Waals surface area (Å²) in [5, 5.41) is 0.559. The largest absolute Gasteiger partial charge is 0.497 e. The highest BCUT2D eigenvalue weighted by molar-refractivity contribution is 7.99. The molecule has 0 aromatic heterocycles. The molecule has 278 valence electrons. The summed E-state index contributed by atoms with van der Waals surface area (Å²) in [5.41, 5.74) is 0.171. The fourth-order valence-corrected chi connectivity index (χ4v) is 9.41. The lowest BCUT2D eigenvalue weighted by Crippen LogP contribution is -2.38. The van der Waals surface area contributed by atoms with Gasteiger partial charge in [-0.2, -0.15) is 0 Å². The van der Waals surface area contributed by atoms with E-state index in [4.69, 9.17) is 18.9 Å². The summed E-state index contributed by atoms with van der Waals surface area (Å²) < 4.78 is 81.2. The number of esters is 2. The van der Waals surface area contributed by atoms with Gasteiger partial charge in [0.15, 0.2) is 0 Å². The number of carbonyl (C=O) groups is 2. The minimum atomic E-state index is -4.49. The lowest BCUT2D eigenvalue weighted by atomic mass is 10.1. The van der Waals surface area contributed by atoms with E-state index in [-0.39, 0.29) is 50.0 Å². The van der Waals surface area contributed by atoms with Crippen molar-refractivity contribution >= 4 is 65.9 Å². The van der Waals surface area contributed by atoms with Crippen LogP contribution in [0.3, 0.4) is 0 Å². The second kappa shape index (κ2) is 17.1. The SMILES string of the molecule is CCOC(=O)CN(c1cc(Sc2ccccc2)c(N(CC(=O)OCC)S(=O)(=O)c2ccc(OC)cc2)c2ccccc12)S(=O)(=O)c1ccc(OC)cc1. The fraction of sp³-hybridized carbons (Fsp3) is 0.211. The van der Waals surface area contributed by atoms with Crippen molar-refractivity contribution in [3.8, 4) is 11.5 Å². The van der Waals surface area contributed by atoms with Crippen LogP contribution in [0.4, 0.5) is 11.4 Å². The maximum Gasteiger partial charge on any atom is 0.326 e. The molecule has 5 aromatic carbocycles. The predicted octanol–water partition coefficient (Wildman–Crippen LogP) is 6.53. The van der Waals surface area contributed by atoms with Gasteiger partial charge in [-0.15, -0.1) is 0 Å². The van der Waals surface area contributed by atoms with Crippen molar-refractivity contribution in [1.29, 1.82) is 0 Å². The number of hydrogen-bond donors (Lipinski definition) is 0. The average Bonchev–Trinajstić information content (AvgIpc) is 3.16. The molecule has 0 heterocycles. The summed E-state index contributed by atoms with van der Waals surface area (Å²) >= 11 is 1.15. The van der Waals surface area contributed by atoms with Crippen LogP contribution in [-0.2, 0) is 39.1 Å². The molecule has 0 amide bonds. The van der Waals surface area contributed by atoms with Gasteiger partial charge in [0, 0.05) is 20.6 Å². The quantitative estimate of drug-likeness (QED) is 0.101. The van der Waals surface area contributed by atoms with E-state index in [1.165, 1.54) is 68.8 Å². The van der Waals surface area contributed by atoms with Gasteiger partial charge in [-0.3, -0.25) is 18.2 Å². The summed E-state index contributed by atoms with van der Waals surface area (Å²) in [6.45, 7) is 1.84. The topological polar surface area (TPSA) is 146 Å². The van der Waals surface area contributed by atoms with Crippen LogP contribution >= 0.6 is 11.8 Å². The Morgan fingerprint density at radius 3 is 1.55 bits per heavy atom. The van der Waals surface area contributed by atoms with Gasteiger partial charge in [-0.05, 0) is 80.6 Å². The molecule has 0 aliphatic carbocycles. The van der Waals surface area contributed by atoms with Gasteiger partial charge in [0.05, 0.1) is 48.6 Å². The number of ether oxygens (including phenoxy) is 4. The van der Waals surface area contributed by atoms with Gasteiger partial charge in [0.1, 0.15) is 24.6 Å². The molecule has 0 spiro atoms. The molecule has 0 saturated carbocycles.